The Kier molecular flexibility index (Phi) is 4.59. The molecular weight excluding hydrogens is 327 g/mol. The third-order valence-electron chi connectivity index (χ3n) is 4.35. The molecule has 6 nitrogen and oxygen atoms in total. The van der Waals surface area contributed by atoms with Gasteiger partial charge in [0.2, 0.25) is 0 Å². The molecule has 1 heterocycles. The van der Waals surface area contributed by atoms with Gasteiger partial charge in [-0.2, -0.15) is 0 Å². The molecule has 1 aliphatic rings. The van der Waals surface area contributed by atoms with Crippen molar-refractivity contribution in [2.24, 2.45) is 5.92 Å². The Morgan fingerprint density at radius 3 is 2.68 bits per heavy atom. The Morgan fingerprint density at radius 2 is 2.08 bits per heavy atom. The molecular formula is C18H19FN2O4. The SMILES string of the molecule is Cc1ccc(NC(=O)C(=O)NCC(O)(c2ccco2)C2CC2)cc1F. The van der Waals surface area contributed by atoms with Crippen molar-refractivity contribution in [2.75, 3.05) is 11.9 Å². The summed E-state index contributed by atoms with van der Waals surface area (Å²) in [4.78, 5) is 23.9. The topological polar surface area (TPSA) is 91.6 Å². The Labute approximate surface area is 144 Å². The fourth-order valence-corrected chi connectivity index (χ4v) is 2.67. The van der Waals surface area contributed by atoms with Crippen molar-refractivity contribution in [3.8, 4) is 0 Å². The van der Waals surface area contributed by atoms with E-state index in [1.54, 1.807) is 19.1 Å². The maximum absolute atomic E-state index is 13.5. The minimum absolute atomic E-state index is 0.0202. The quantitative estimate of drug-likeness (QED) is 0.723. The summed E-state index contributed by atoms with van der Waals surface area (Å²) in [7, 11) is 0. The first-order valence-corrected chi connectivity index (χ1v) is 8.02. The second-order valence-electron chi connectivity index (χ2n) is 6.28. The van der Waals surface area contributed by atoms with E-state index in [0.717, 1.165) is 18.9 Å². The van der Waals surface area contributed by atoms with Crippen LogP contribution < -0.4 is 10.6 Å². The minimum atomic E-state index is -1.34. The number of anilines is 1. The van der Waals surface area contributed by atoms with E-state index in [0.29, 0.717) is 11.3 Å². The average molecular weight is 346 g/mol. The first-order chi connectivity index (χ1) is 11.9. The van der Waals surface area contributed by atoms with Crippen molar-refractivity contribution in [1.29, 1.82) is 0 Å². The molecule has 2 amide bonds. The van der Waals surface area contributed by atoms with Crippen LogP contribution in [0.5, 0.6) is 0 Å². The van der Waals surface area contributed by atoms with Gasteiger partial charge in [-0.25, -0.2) is 4.39 Å². The summed E-state index contributed by atoms with van der Waals surface area (Å²) in [6, 6.07) is 7.45. The first-order valence-electron chi connectivity index (χ1n) is 8.02. The van der Waals surface area contributed by atoms with Gasteiger partial charge < -0.3 is 20.2 Å². The highest BCUT2D eigenvalue weighted by atomic mass is 19.1. The van der Waals surface area contributed by atoms with Gasteiger partial charge >= 0.3 is 11.8 Å². The number of hydrogen-bond donors (Lipinski definition) is 3. The highest BCUT2D eigenvalue weighted by Gasteiger charge is 2.47. The van der Waals surface area contributed by atoms with Gasteiger partial charge in [-0.1, -0.05) is 6.07 Å². The van der Waals surface area contributed by atoms with Gasteiger partial charge in [-0.05, 0) is 55.5 Å². The van der Waals surface area contributed by atoms with Crippen molar-refractivity contribution >= 4 is 17.5 Å². The van der Waals surface area contributed by atoms with E-state index < -0.39 is 23.2 Å². The van der Waals surface area contributed by atoms with Gasteiger partial charge in [0.25, 0.3) is 0 Å². The Balaban J connectivity index is 1.61. The molecule has 25 heavy (non-hydrogen) atoms. The smallest absolute Gasteiger partial charge is 0.313 e. The molecule has 0 spiro atoms. The third-order valence-corrected chi connectivity index (χ3v) is 4.35. The predicted octanol–water partition coefficient (Wildman–Crippen LogP) is 2.08. The molecule has 1 aromatic carbocycles. The van der Waals surface area contributed by atoms with Crippen LogP contribution >= 0.6 is 0 Å². The number of rotatable bonds is 5. The van der Waals surface area contributed by atoms with E-state index in [4.69, 9.17) is 4.42 Å². The van der Waals surface area contributed by atoms with E-state index in [-0.39, 0.29) is 18.2 Å². The molecule has 1 aromatic heterocycles. The number of carbonyl (C=O) groups excluding carboxylic acids is 2. The lowest BCUT2D eigenvalue weighted by Gasteiger charge is -2.26. The number of hydrogen-bond acceptors (Lipinski definition) is 4. The second kappa shape index (κ2) is 6.68. The zero-order chi connectivity index (χ0) is 18.0. The maximum Gasteiger partial charge on any atom is 0.313 e. The molecule has 132 valence electrons. The Bertz CT molecular complexity index is 786. The monoisotopic (exact) mass is 346 g/mol. The summed E-state index contributed by atoms with van der Waals surface area (Å²) in [6.07, 6.45) is 3.09. The number of benzene rings is 1. The van der Waals surface area contributed by atoms with Gasteiger partial charge in [0, 0.05) is 5.69 Å². The lowest BCUT2D eigenvalue weighted by atomic mass is 9.94. The van der Waals surface area contributed by atoms with Gasteiger partial charge in [0.1, 0.15) is 17.2 Å². The predicted molar refractivity (Wildman–Crippen MR) is 88.1 cm³/mol. The summed E-state index contributed by atoms with van der Waals surface area (Å²) in [5.74, 6) is -1.98. The molecule has 0 radical (unpaired) electrons. The molecule has 1 fully saturated rings. The lowest BCUT2D eigenvalue weighted by Crippen LogP contribution is -2.45. The number of carbonyl (C=O) groups is 2. The van der Waals surface area contributed by atoms with E-state index in [1.165, 1.54) is 18.4 Å². The average Bonchev–Trinajstić information content (AvgIpc) is 3.30. The second-order valence-corrected chi connectivity index (χ2v) is 6.28. The molecule has 7 heteroatoms. The summed E-state index contributed by atoms with van der Waals surface area (Å²) < 4.78 is 18.8. The zero-order valence-electron chi connectivity index (χ0n) is 13.7. The Hall–Kier alpha value is -2.67. The maximum atomic E-state index is 13.5. The van der Waals surface area contributed by atoms with Crippen molar-refractivity contribution in [3.63, 3.8) is 0 Å². The molecule has 3 N–H and O–H groups in total. The minimum Gasteiger partial charge on any atom is -0.466 e. The van der Waals surface area contributed by atoms with Gasteiger partial charge in [-0.3, -0.25) is 9.59 Å². The van der Waals surface area contributed by atoms with Crippen LogP contribution in [0.1, 0.15) is 24.2 Å². The fourth-order valence-electron chi connectivity index (χ4n) is 2.67. The van der Waals surface area contributed by atoms with Crippen LogP contribution in [-0.2, 0) is 15.2 Å². The number of furan rings is 1. The van der Waals surface area contributed by atoms with Crippen LogP contribution in [0.2, 0.25) is 0 Å². The number of amides is 2. The zero-order valence-corrected chi connectivity index (χ0v) is 13.7. The number of nitrogens with one attached hydrogen (secondary N) is 2. The van der Waals surface area contributed by atoms with Crippen LogP contribution in [0.15, 0.2) is 41.0 Å². The van der Waals surface area contributed by atoms with Crippen LogP contribution in [0.4, 0.5) is 10.1 Å². The molecule has 0 aliphatic heterocycles. The van der Waals surface area contributed by atoms with Crippen LogP contribution in [0.3, 0.4) is 0 Å². The van der Waals surface area contributed by atoms with E-state index >= 15 is 0 Å². The molecule has 0 bridgehead atoms. The van der Waals surface area contributed by atoms with Crippen molar-refractivity contribution in [3.05, 3.63) is 53.7 Å². The van der Waals surface area contributed by atoms with E-state index in [2.05, 4.69) is 10.6 Å². The molecule has 3 rings (SSSR count). The van der Waals surface area contributed by atoms with Crippen molar-refractivity contribution in [1.82, 2.24) is 5.32 Å². The molecule has 1 saturated carbocycles. The summed E-state index contributed by atoms with van der Waals surface area (Å²) in [5, 5.41) is 15.6. The normalized spacial score (nSPS) is 16.1. The van der Waals surface area contributed by atoms with Crippen molar-refractivity contribution < 1.29 is 23.5 Å². The summed E-state index contributed by atoms with van der Waals surface area (Å²) >= 11 is 0. The van der Waals surface area contributed by atoms with Crippen LogP contribution in [-0.4, -0.2) is 23.5 Å². The van der Waals surface area contributed by atoms with Gasteiger partial charge in [-0.15, -0.1) is 0 Å². The molecule has 1 aliphatic carbocycles. The highest BCUT2D eigenvalue weighted by molar-refractivity contribution is 6.39. The fraction of sp³-hybridized carbons (Fsp3) is 0.333. The van der Waals surface area contributed by atoms with Crippen LogP contribution in [0, 0.1) is 18.7 Å². The van der Waals surface area contributed by atoms with E-state index in [9.17, 15) is 19.1 Å². The number of halogens is 1. The molecule has 1 unspecified atom stereocenters. The summed E-state index contributed by atoms with van der Waals surface area (Å²) in [6.45, 7) is 1.46. The summed E-state index contributed by atoms with van der Waals surface area (Å²) in [5.41, 5.74) is -0.711. The van der Waals surface area contributed by atoms with Gasteiger partial charge in [0.05, 0.1) is 12.8 Å². The molecule has 1 atom stereocenters. The molecule has 2 aromatic rings. The lowest BCUT2D eigenvalue weighted by molar-refractivity contribution is -0.137. The number of aryl methyl sites for hydroxylation is 1. The van der Waals surface area contributed by atoms with Crippen molar-refractivity contribution in [2.45, 2.75) is 25.4 Å². The largest absolute Gasteiger partial charge is 0.466 e. The van der Waals surface area contributed by atoms with E-state index in [1.807, 2.05) is 0 Å². The standard InChI is InChI=1S/C18H19FN2O4/c1-11-4-7-13(9-14(11)19)21-17(23)16(22)20-10-18(24,12-5-6-12)15-3-2-8-25-15/h2-4,7-9,12,24H,5-6,10H2,1H3,(H,20,22)(H,21,23). The van der Waals surface area contributed by atoms with Crippen LogP contribution in [0.25, 0.3) is 0 Å². The van der Waals surface area contributed by atoms with Gasteiger partial charge in [0.15, 0.2) is 0 Å². The third kappa shape index (κ3) is 3.71. The first kappa shape index (κ1) is 17.2. The highest BCUT2D eigenvalue weighted by Crippen LogP contribution is 2.45. The molecule has 0 saturated heterocycles. The number of aliphatic hydroxyl groups is 1. The Morgan fingerprint density at radius 1 is 1.32 bits per heavy atom.